The highest BCUT2D eigenvalue weighted by Crippen LogP contribution is 2.36. The summed E-state index contributed by atoms with van der Waals surface area (Å²) < 4.78 is 13.9. The van der Waals surface area contributed by atoms with Crippen LogP contribution in [0, 0.1) is 12.7 Å². The second kappa shape index (κ2) is 11.8. The van der Waals surface area contributed by atoms with Crippen LogP contribution in [0.1, 0.15) is 17.5 Å². The number of aromatic nitrogens is 2. The number of nitrogens with zero attached hydrogens (tertiary/aromatic N) is 7. The predicted octanol–water partition coefficient (Wildman–Crippen LogP) is 4.81. The SMILES string of the molecule is C=CC(=O)N1CCC(N2C(=O)N(c3ccc(F)c(Cl)c3)Cc3cnc(Nc4ccc(N5CCN(C)CC5)c(C)c4)nc32)C1. The smallest absolute Gasteiger partial charge is 0.330 e. The lowest BCUT2D eigenvalue weighted by Crippen LogP contribution is -2.53. The standard InChI is InChI=1S/C31H34ClFN8O2/c1-4-28(42)39-10-9-24(19-39)41-29-21(18-40(31(41)43)23-6-7-26(33)25(32)16-23)17-34-30(36-29)35-22-5-8-27(20(2)15-22)38-13-11-37(3)12-14-38/h4-8,15-17,24H,1,9-14,18-19H2,2-3H3,(H,34,35,36). The van der Waals surface area contributed by atoms with Gasteiger partial charge in [0.05, 0.1) is 17.6 Å². The Balaban J connectivity index is 1.30. The molecule has 1 atom stereocenters. The van der Waals surface area contributed by atoms with Gasteiger partial charge in [-0.3, -0.25) is 14.6 Å². The summed E-state index contributed by atoms with van der Waals surface area (Å²) in [5.41, 5.74) is 4.39. The molecule has 1 N–H and O–H groups in total. The molecule has 224 valence electrons. The molecule has 1 aromatic heterocycles. The van der Waals surface area contributed by atoms with Gasteiger partial charge in [-0.15, -0.1) is 0 Å². The first-order chi connectivity index (χ1) is 20.7. The summed E-state index contributed by atoms with van der Waals surface area (Å²) in [5.74, 6) is 0.0939. The number of aryl methyl sites for hydroxylation is 1. The molecule has 2 aromatic carbocycles. The van der Waals surface area contributed by atoms with Gasteiger partial charge >= 0.3 is 6.03 Å². The molecular formula is C31H34ClFN8O2. The molecule has 0 radical (unpaired) electrons. The number of benzene rings is 2. The molecule has 12 heteroatoms. The van der Waals surface area contributed by atoms with Crippen LogP contribution < -0.4 is 20.0 Å². The molecule has 4 heterocycles. The molecule has 3 aromatic rings. The van der Waals surface area contributed by atoms with Gasteiger partial charge in [0.15, 0.2) is 0 Å². The van der Waals surface area contributed by atoms with E-state index in [1.165, 1.54) is 34.9 Å². The van der Waals surface area contributed by atoms with E-state index in [1.54, 1.807) is 16.0 Å². The number of carbonyl (C=O) groups is 2. The Bertz CT molecular complexity index is 1580. The van der Waals surface area contributed by atoms with Crippen LogP contribution in [0.4, 0.5) is 38.0 Å². The molecule has 2 fully saturated rings. The van der Waals surface area contributed by atoms with E-state index in [1.807, 2.05) is 6.07 Å². The number of amides is 3. The van der Waals surface area contributed by atoms with Crippen molar-refractivity contribution in [1.82, 2.24) is 19.8 Å². The minimum atomic E-state index is -0.563. The summed E-state index contributed by atoms with van der Waals surface area (Å²) in [4.78, 5) is 45.3. The number of hydrogen-bond acceptors (Lipinski definition) is 7. The fraction of sp³-hybridized carbons (Fsp3) is 0.355. The molecule has 0 aliphatic carbocycles. The lowest BCUT2D eigenvalue weighted by atomic mass is 10.1. The molecule has 2 saturated heterocycles. The Morgan fingerprint density at radius 1 is 1.14 bits per heavy atom. The number of piperazine rings is 1. The van der Waals surface area contributed by atoms with Gasteiger partial charge in [-0.25, -0.2) is 14.2 Å². The number of fused-ring (bicyclic) bond motifs is 1. The van der Waals surface area contributed by atoms with E-state index in [9.17, 15) is 14.0 Å². The van der Waals surface area contributed by atoms with Crippen molar-refractivity contribution in [3.8, 4) is 0 Å². The maximum atomic E-state index is 14.0. The van der Waals surface area contributed by atoms with Gasteiger partial charge in [0.25, 0.3) is 0 Å². The van der Waals surface area contributed by atoms with Gasteiger partial charge in [-0.1, -0.05) is 18.2 Å². The highest BCUT2D eigenvalue weighted by atomic mass is 35.5. The Hall–Kier alpha value is -4.22. The number of nitrogens with one attached hydrogen (secondary N) is 1. The Morgan fingerprint density at radius 3 is 2.65 bits per heavy atom. The lowest BCUT2D eigenvalue weighted by molar-refractivity contribution is -0.125. The van der Waals surface area contributed by atoms with Crippen LogP contribution in [-0.2, 0) is 11.3 Å². The van der Waals surface area contributed by atoms with Crippen molar-refractivity contribution >= 4 is 52.4 Å². The number of carbonyl (C=O) groups excluding carboxylic acids is 2. The van der Waals surface area contributed by atoms with Gasteiger partial charge in [0.1, 0.15) is 11.6 Å². The van der Waals surface area contributed by atoms with Crippen molar-refractivity contribution in [2.75, 3.05) is 66.3 Å². The number of anilines is 5. The summed E-state index contributed by atoms with van der Waals surface area (Å²) >= 11 is 6.07. The van der Waals surface area contributed by atoms with Crippen molar-refractivity contribution in [3.05, 3.63) is 77.2 Å². The third kappa shape index (κ3) is 5.74. The molecule has 43 heavy (non-hydrogen) atoms. The molecule has 3 aliphatic heterocycles. The second-order valence-electron chi connectivity index (χ2n) is 11.2. The van der Waals surface area contributed by atoms with Crippen LogP contribution in [0.25, 0.3) is 0 Å². The zero-order chi connectivity index (χ0) is 30.2. The second-order valence-corrected chi connectivity index (χ2v) is 11.6. The topological polar surface area (TPSA) is 88.1 Å². The van der Waals surface area contributed by atoms with Crippen molar-refractivity contribution in [3.63, 3.8) is 0 Å². The van der Waals surface area contributed by atoms with Crippen molar-refractivity contribution in [1.29, 1.82) is 0 Å². The van der Waals surface area contributed by atoms with Crippen LogP contribution in [0.5, 0.6) is 0 Å². The third-order valence-electron chi connectivity index (χ3n) is 8.36. The van der Waals surface area contributed by atoms with Crippen molar-refractivity contribution < 1.29 is 14.0 Å². The minimum absolute atomic E-state index is 0.0731. The molecule has 0 bridgehead atoms. The first-order valence-corrected chi connectivity index (χ1v) is 14.7. The van der Waals surface area contributed by atoms with E-state index < -0.39 is 5.82 Å². The molecule has 10 nitrogen and oxygen atoms in total. The first-order valence-electron chi connectivity index (χ1n) is 14.4. The lowest BCUT2D eigenvalue weighted by Gasteiger charge is -2.39. The number of halogens is 2. The van der Waals surface area contributed by atoms with Gasteiger partial charge in [0.2, 0.25) is 11.9 Å². The monoisotopic (exact) mass is 604 g/mol. The zero-order valence-electron chi connectivity index (χ0n) is 24.3. The van der Waals surface area contributed by atoms with Gasteiger partial charge in [-0.2, -0.15) is 4.98 Å². The summed E-state index contributed by atoms with van der Waals surface area (Å²) in [6, 6.07) is 9.77. The Morgan fingerprint density at radius 2 is 1.93 bits per heavy atom. The Kier molecular flexibility index (Phi) is 7.93. The van der Waals surface area contributed by atoms with Crippen LogP contribution in [0.2, 0.25) is 5.02 Å². The van der Waals surface area contributed by atoms with E-state index in [2.05, 4.69) is 52.8 Å². The molecule has 1 unspecified atom stereocenters. The van der Waals surface area contributed by atoms with Crippen molar-refractivity contribution in [2.24, 2.45) is 0 Å². The molecular weight excluding hydrogens is 571 g/mol. The largest absolute Gasteiger partial charge is 0.369 e. The number of hydrogen-bond donors (Lipinski definition) is 1. The van der Waals surface area contributed by atoms with Crippen LogP contribution in [0.15, 0.2) is 55.3 Å². The average molecular weight is 605 g/mol. The third-order valence-corrected chi connectivity index (χ3v) is 8.65. The predicted molar refractivity (Wildman–Crippen MR) is 167 cm³/mol. The quantitative estimate of drug-likeness (QED) is 0.404. The maximum absolute atomic E-state index is 14.0. The van der Waals surface area contributed by atoms with Gasteiger partial charge < -0.3 is 20.0 Å². The van der Waals surface area contributed by atoms with E-state index in [-0.39, 0.29) is 29.5 Å². The summed E-state index contributed by atoms with van der Waals surface area (Å²) in [6.45, 7) is 10.8. The molecule has 0 saturated carbocycles. The highest BCUT2D eigenvalue weighted by Gasteiger charge is 2.41. The van der Waals surface area contributed by atoms with Gasteiger partial charge in [-0.05, 0) is 68.4 Å². The fourth-order valence-electron chi connectivity index (χ4n) is 5.97. The number of urea groups is 1. The summed E-state index contributed by atoms with van der Waals surface area (Å²) in [5, 5.41) is 3.24. The zero-order valence-corrected chi connectivity index (χ0v) is 25.0. The van der Waals surface area contributed by atoms with Crippen molar-refractivity contribution in [2.45, 2.75) is 25.9 Å². The van der Waals surface area contributed by atoms with E-state index in [4.69, 9.17) is 16.6 Å². The van der Waals surface area contributed by atoms with Gasteiger partial charge in [0, 0.05) is 68.1 Å². The number of likely N-dealkylation sites (N-methyl/N-ethyl adjacent to an activating group) is 1. The minimum Gasteiger partial charge on any atom is -0.369 e. The number of likely N-dealkylation sites (tertiary alicyclic amines) is 1. The molecule has 3 amide bonds. The first kappa shape index (κ1) is 28.9. The molecule has 6 rings (SSSR count). The van der Waals surface area contributed by atoms with Crippen LogP contribution in [-0.4, -0.2) is 84.1 Å². The van der Waals surface area contributed by atoms with Crippen LogP contribution >= 0.6 is 11.6 Å². The molecule has 0 spiro atoms. The van der Waals surface area contributed by atoms with Crippen LogP contribution in [0.3, 0.4) is 0 Å². The van der Waals surface area contributed by atoms with E-state index >= 15 is 0 Å². The Labute approximate surface area is 255 Å². The van der Waals surface area contributed by atoms with E-state index in [0.717, 1.165) is 43.0 Å². The average Bonchev–Trinajstić information content (AvgIpc) is 3.48. The summed E-state index contributed by atoms with van der Waals surface area (Å²) in [6.07, 6.45) is 3.56. The maximum Gasteiger partial charge on any atom is 0.330 e. The molecule has 3 aliphatic rings. The normalized spacial score (nSPS) is 19.1. The highest BCUT2D eigenvalue weighted by molar-refractivity contribution is 6.31. The van der Waals surface area contributed by atoms with E-state index in [0.29, 0.717) is 37.0 Å². The fourth-order valence-corrected chi connectivity index (χ4v) is 6.14. The number of rotatable bonds is 6. The summed E-state index contributed by atoms with van der Waals surface area (Å²) in [7, 11) is 2.14.